The molecule has 0 aromatic heterocycles. The molecule has 0 bridgehead atoms. The number of esters is 1. The molecule has 0 amide bonds. The smallest absolute Gasteiger partial charge is 0.457 e. The first-order chi connectivity index (χ1) is 27.1. The van der Waals surface area contributed by atoms with E-state index in [-0.39, 0.29) is 25.8 Å². The molecule has 56 heavy (non-hydrogen) atoms. The van der Waals surface area contributed by atoms with Crippen molar-refractivity contribution in [2.75, 3.05) is 54.1 Å². The zero-order valence-corrected chi connectivity index (χ0v) is 38.5. The van der Waals surface area contributed by atoms with Gasteiger partial charge in [0.25, 0.3) is 0 Å². The van der Waals surface area contributed by atoms with Gasteiger partial charge < -0.3 is 18.9 Å². The van der Waals surface area contributed by atoms with E-state index in [1.54, 1.807) is 0 Å². The Morgan fingerprint density at radius 1 is 0.554 bits per heavy atom. The molecule has 2 unspecified atom stereocenters. The highest BCUT2D eigenvalue weighted by Gasteiger charge is 2.26. The van der Waals surface area contributed by atoms with E-state index in [1.807, 2.05) is 21.1 Å². The number of phosphoric ester groups is 1. The van der Waals surface area contributed by atoms with Crippen LogP contribution in [-0.2, 0) is 27.9 Å². The predicted octanol–water partition coefficient (Wildman–Crippen LogP) is 14.0. The Hall–Kier alpha value is -1.02. The van der Waals surface area contributed by atoms with E-state index < -0.39 is 13.9 Å². The molecule has 0 spiro atoms. The number of carbonyl (C=O) groups excluding carboxylic acids is 1. The Bertz CT molecular complexity index is 951. The Morgan fingerprint density at radius 3 is 1.48 bits per heavy atom. The summed E-state index contributed by atoms with van der Waals surface area (Å²) in [5.41, 5.74) is 0. The van der Waals surface area contributed by atoms with Crippen molar-refractivity contribution in [3.63, 3.8) is 0 Å². The number of hydrogen-bond acceptors (Lipinski definition) is 6. The molecule has 0 saturated carbocycles. The molecule has 0 aliphatic carbocycles. The third-order valence-electron chi connectivity index (χ3n) is 10.3. The SMILES string of the molecule is CCCCC/C=C\C/C=C\CCCCCCCC(=O)OC(COCCCCCCCCCCCCCCCCCCCCC)COP(=O)(O)OCC[N+](C)(C)C. The molecule has 0 heterocycles. The summed E-state index contributed by atoms with van der Waals surface area (Å²) in [4.78, 5) is 22.9. The van der Waals surface area contributed by atoms with Gasteiger partial charge in [-0.1, -0.05) is 186 Å². The highest BCUT2D eigenvalue weighted by Crippen LogP contribution is 2.43. The second-order valence-corrected chi connectivity index (χ2v) is 18.6. The van der Waals surface area contributed by atoms with E-state index in [9.17, 15) is 14.3 Å². The second-order valence-electron chi connectivity index (χ2n) is 17.1. The fourth-order valence-corrected chi connectivity index (χ4v) is 7.33. The van der Waals surface area contributed by atoms with Crippen LogP contribution in [0.4, 0.5) is 0 Å². The summed E-state index contributed by atoms with van der Waals surface area (Å²) < 4.78 is 35.0. The average molecular weight is 815 g/mol. The summed E-state index contributed by atoms with van der Waals surface area (Å²) in [6.07, 6.45) is 46.4. The Morgan fingerprint density at radius 2 is 0.982 bits per heavy atom. The molecule has 2 atom stereocenters. The normalized spacial score (nSPS) is 13.9. The summed E-state index contributed by atoms with van der Waals surface area (Å²) in [6, 6.07) is 0. The molecule has 0 rings (SSSR count). The number of phosphoric acid groups is 1. The van der Waals surface area contributed by atoms with Crippen molar-refractivity contribution in [2.45, 2.75) is 219 Å². The molecule has 9 heteroatoms. The van der Waals surface area contributed by atoms with Gasteiger partial charge in [0.15, 0.2) is 0 Å². The topological polar surface area (TPSA) is 91.3 Å². The lowest BCUT2D eigenvalue weighted by Crippen LogP contribution is -2.37. The predicted molar refractivity (Wildman–Crippen MR) is 238 cm³/mol. The maximum absolute atomic E-state index is 12.7. The lowest BCUT2D eigenvalue weighted by atomic mass is 10.0. The Labute approximate surface area is 347 Å². The van der Waals surface area contributed by atoms with E-state index in [0.29, 0.717) is 24.1 Å². The first kappa shape index (κ1) is 55.0. The van der Waals surface area contributed by atoms with Crippen LogP contribution in [0.25, 0.3) is 0 Å². The third kappa shape index (κ3) is 44.1. The van der Waals surface area contributed by atoms with Crippen LogP contribution in [0, 0.1) is 0 Å². The summed E-state index contributed by atoms with van der Waals surface area (Å²) in [5, 5.41) is 0. The van der Waals surface area contributed by atoms with E-state index in [1.165, 1.54) is 135 Å². The number of hydrogen-bond donors (Lipinski definition) is 1. The molecule has 8 nitrogen and oxygen atoms in total. The average Bonchev–Trinajstić information content (AvgIpc) is 3.15. The maximum atomic E-state index is 12.7. The van der Waals surface area contributed by atoms with Crippen LogP contribution in [0.2, 0.25) is 0 Å². The van der Waals surface area contributed by atoms with Crippen LogP contribution in [-0.4, -0.2) is 75.6 Å². The molecule has 0 radical (unpaired) electrons. The summed E-state index contributed by atoms with van der Waals surface area (Å²) in [7, 11) is 1.67. The number of nitrogens with zero attached hydrogens (tertiary/aromatic N) is 1. The molecule has 0 aliphatic rings. The number of ether oxygens (including phenoxy) is 2. The minimum atomic E-state index is -4.28. The minimum Gasteiger partial charge on any atom is -0.457 e. The maximum Gasteiger partial charge on any atom is 0.472 e. The fraction of sp³-hybridized carbons (Fsp3) is 0.894. The van der Waals surface area contributed by atoms with Gasteiger partial charge in [0, 0.05) is 13.0 Å². The van der Waals surface area contributed by atoms with Crippen LogP contribution < -0.4 is 0 Å². The van der Waals surface area contributed by atoms with Gasteiger partial charge >= 0.3 is 13.8 Å². The van der Waals surface area contributed by atoms with Crippen molar-refractivity contribution in [3.05, 3.63) is 24.3 Å². The Kier molecular flexibility index (Phi) is 40.0. The van der Waals surface area contributed by atoms with Crippen LogP contribution in [0.1, 0.15) is 213 Å². The molecule has 332 valence electrons. The van der Waals surface area contributed by atoms with E-state index in [2.05, 4.69) is 38.2 Å². The van der Waals surface area contributed by atoms with Crippen molar-refractivity contribution in [3.8, 4) is 0 Å². The van der Waals surface area contributed by atoms with Crippen LogP contribution in [0.3, 0.4) is 0 Å². The van der Waals surface area contributed by atoms with Crippen molar-refractivity contribution in [1.29, 1.82) is 0 Å². The summed E-state index contributed by atoms with van der Waals surface area (Å²) in [6.45, 7) is 5.62. The van der Waals surface area contributed by atoms with Crippen molar-refractivity contribution in [2.24, 2.45) is 0 Å². The molecule has 1 N–H and O–H groups in total. The van der Waals surface area contributed by atoms with Crippen molar-refractivity contribution >= 4 is 13.8 Å². The van der Waals surface area contributed by atoms with Gasteiger partial charge in [-0.2, -0.15) is 0 Å². The van der Waals surface area contributed by atoms with E-state index >= 15 is 0 Å². The number of unbranched alkanes of at least 4 members (excludes halogenated alkanes) is 26. The van der Waals surface area contributed by atoms with Gasteiger partial charge in [0.05, 0.1) is 34.4 Å². The quantitative estimate of drug-likeness (QED) is 0.0215. The Balaban J connectivity index is 4.17. The van der Waals surface area contributed by atoms with E-state index in [4.69, 9.17) is 18.5 Å². The molecule has 0 saturated heterocycles. The number of rotatable bonds is 44. The van der Waals surface area contributed by atoms with Crippen LogP contribution >= 0.6 is 7.82 Å². The lowest BCUT2D eigenvalue weighted by molar-refractivity contribution is -0.870. The molecule has 0 aliphatic heterocycles. The third-order valence-corrected chi connectivity index (χ3v) is 11.2. The molecule has 0 aromatic carbocycles. The van der Waals surface area contributed by atoms with E-state index in [0.717, 1.165) is 57.8 Å². The highest BCUT2D eigenvalue weighted by molar-refractivity contribution is 7.47. The zero-order valence-electron chi connectivity index (χ0n) is 37.6. The lowest BCUT2D eigenvalue weighted by Gasteiger charge is -2.24. The second kappa shape index (κ2) is 40.7. The molecular weight excluding hydrogens is 721 g/mol. The molecule has 0 fully saturated rings. The molecular formula is C47H93NO7P+. The largest absolute Gasteiger partial charge is 0.472 e. The monoisotopic (exact) mass is 815 g/mol. The molecule has 0 aromatic rings. The van der Waals surface area contributed by atoms with Gasteiger partial charge in [0.1, 0.15) is 19.3 Å². The van der Waals surface area contributed by atoms with Gasteiger partial charge in [-0.15, -0.1) is 0 Å². The zero-order chi connectivity index (χ0) is 41.3. The summed E-state index contributed by atoms with van der Waals surface area (Å²) in [5.74, 6) is -0.324. The van der Waals surface area contributed by atoms with Gasteiger partial charge in [-0.3, -0.25) is 13.8 Å². The number of quaternary nitrogens is 1. The highest BCUT2D eigenvalue weighted by atomic mass is 31.2. The van der Waals surface area contributed by atoms with Crippen molar-refractivity contribution < 1.29 is 37.3 Å². The first-order valence-corrected chi connectivity index (χ1v) is 25.1. The number of allylic oxidation sites excluding steroid dienone is 4. The minimum absolute atomic E-state index is 0.0878. The fourth-order valence-electron chi connectivity index (χ4n) is 6.58. The van der Waals surface area contributed by atoms with Crippen LogP contribution in [0.15, 0.2) is 24.3 Å². The van der Waals surface area contributed by atoms with Gasteiger partial charge in [-0.05, 0) is 44.9 Å². The van der Waals surface area contributed by atoms with Crippen LogP contribution in [0.5, 0.6) is 0 Å². The standard InChI is InChI=1S/C47H92NO7P/c1-6-8-10-12-14-16-18-20-22-23-24-25-27-29-31-33-35-37-39-42-52-44-46(45-54-56(50,51)53-43-41-48(3,4)5)55-47(49)40-38-36-34-32-30-28-26-21-19-17-15-13-11-9-7-2/h15,17,21,26,46H,6-14,16,18-20,22-25,27-45H2,1-5H3/p+1/b17-15-,26-21-. The van der Waals surface area contributed by atoms with Gasteiger partial charge in [-0.25, -0.2) is 4.57 Å². The van der Waals surface area contributed by atoms with Gasteiger partial charge in [0.2, 0.25) is 0 Å². The number of carbonyl (C=O) groups is 1. The summed E-state index contributed by atoms with van der Waals surface area (Å²) >= 11 is 0. The first-order valence-electron chi connectivity index (χ1n) is 23.6. The number of likely N-dealkylation sites (N-methyl/N-ethyl adjacent to an activating group) is 1. The van der Waals surface area contributed by atoms with Crippen molar-refractivity contribution in [1.82, 2.24) is 0 Å².